The molecule has 0 aromatic heterocycles. The molecule has 0 aliphatic heterocycles. The normalized spacial score (nSPS) is 13.2. The number of carboxylic acids is 1. The summed E-state index contributed by atoms with van der Waals surface area (Å²) >= 11 is 0. The summed E-state index contributed by atoms with van der Waals surface area (Å²) in [4.78, 5) is 44.9. The largest absolute Gasteiger partial charge is 0.480 e. The van der Waals surface area contributed by atoms with Crippen LogP contribution in [-0.2, 0) is 19.2 Å². The molecule has 0 aromatic carbocycles. The van der Waals surface area contributed by atoms with Crippen LogP contribution < -0.4 is 10.6 Å². The van der Waals surface area contributed by atoms with Crippen molar-refractivity contribution >= 4 is 24.1 Å². The number of rotatable bonds is 23. The van der Waals surface area contributed by atoms with E-state index in [0.29, 0.717) is 38.5 Å². The van der Waals surface area contributed by atoms with Gasteiger partial charge in [-0.1, -0.05) is 79.8 Å². The highest BCUT2D eigenvalue weighted by Gasteiger charge is 2.18. The third kappa shape index (κ3) is 25.7. The number of carboxylic acid groups (broad SMARTS) is 1. The number of carbonyl (C=O) groups is 4. The van der Waals surface area contributed by atoms with Crippen LogP contribution in [0, 0.1) is 0 Å². The van der Waals surface area contributed by atoms with E-state index in [1.807, 2.05) is 12.2 Å². The summed E-state index contributed by atoms with van der Waals surface area (Å²) in [6.45, 7) is 2.59. The van der Waals surface area contributed by atoms with Crippen LogP contribution >= 0.6 is 0 Å². The van der Waals surface area contributed by atoms with Gasteiger partial charge in [-0.25, -0.2) is 4.79 Å². The van der Waals surface area contributed by atoms with Crippen LogP contribution in [0.1, 0.15) is 77.6 Å². The number of amides is 2. The van der Waals surface area contributed by atoms with E-state index in [1.165, 1.54) is 0 Å². The fraction of sp³-hybridized carbons (Fsp3) is 0.438. The maximum absolute atomic E-state index is 11.9. The van der Waals surface area contributed by atoms with Crippen LogP contribution in [-0.4, -0.2) is 41.8 Å². The summed E-state index contributed by atoms with van der Waals surface area (Å²) in [7, 11) is 0. The van der Waals surface area contributed by atoms with E-state index in [2.05, 4.69) is 78.3 Å². The Kier molecular flexibility index (Phi) is 24.7. The lowest BCUT2D eigenvalue weighted by Gasteiger charge is -2.13. The lowest BCUT2D eigenvalue weighted by molar-refractivity contribution is -0.141. The number of carbonyl (C=O) groups excluding carboxylic acids is 3. The van der Waals surface area contributed by atoms with Crippen molar-refractivity contribution < 1.29 is 24.3 Å². The van der Waals surface area contributed by atoms with Crippen molar-refractivity contribution in [3.05, 3.63) is 85.1 Å². The minimum atomic E-state index is -1.14. The van der Waals surface area contributed by atoms with Crippen molar-refractivity contribution in [2.75, 3.05) is 6.54 Å². The van der Waals surface area contributed by atoms with E-state index in [4.69, 9.17) is 0 Å². The molecule has 0 saturated carbocycles. The predicted octanol–water partition coefficient (Wildman–Crippen LogP) is 6.08. The highest BCUT2D eigenvalue weighted by molar-refractivity contribution is 5.93. The van der Waals surface area contributed by atoms with Crippen molar-refractivity contribution in [1.29, 1.82) is 0 Å². The minimum Gasteiger partial charge on any atom is -0.480 e. The zero-order valence-electron chi connectivity index (χ0n) is 23.3. The lowest BCUT2D eigenvalue weighted by atomic mass is 10.1. The molecule has 0 bridgehead atoms. The summed E-state index contributed by atoms with van der Waals surface area (Å²) in [6, 6.07) is -1.03. The van der Waals surface area contributed by atoms with Crippen LogP contribution in [0.15, 0.2) is 85.1 Å². The first kappa shape index (κ1) is 35.3. The Morgan fingerprint density at radius 3 is 1.74 bits per heavy atom. The Labute approximate surface area is 234 Å². The molecule has 0 rings (SSSR count). The van der Waals surface area contributed by atoms with Crippen LogP contribution in [0.4, 0.5) is 0 Å². The summed E-state index contributed by atoms with van der Waals surface area (Å²) in [5.74, 6) is -1.81. The van der Waals surface area contributed by atoms with Gasteiger partial charge in [0.15, 0.2) is 0 Å². The molecule has 1 atom stereocenters. The number of aliphatic carboxylic acids is 1. The molecule has 0 aliphatic rings. The van der Waals surface area contributed by atoms with E-state index in [1.54, 1.807) is 0 Å². The van der Waals surface area contributed by atoms with E-state index in [9.17, 15) is 24.3 Å². The van der Waals surface area contributed by atoms with Crippen molar-refractivity contribution in [3.63, 3.8) is 0 Å². The van der Waals surface area contributed by atoms with Gasteiger partial charge in [0.2, 0.25) is 11.8 Å². The number of hydrogen-bond donors (Lipinski definition) is 3. The first-order chi connectivity index (χ1) is 19.0. The second-order valence-electron chi connectivity index (χ2n) is 8.69. The standard InChI is InChI=1S/C32H46N2O5/c1-2-3-4-5-6-7-8-9-10-11-12-13-14-15-16-17-18-19-20-25-30(36)33-27-22-21-24-29(32(38)39)34-31(37)26-23-28-35/h3-4,6-7,9-10,12-13,15-16,18-19,23,26,28-29H,2,5,8,11,14,17,20-22,24-25,27H2,1H3,(H,33,36)(H,34,37)(H,38,39)/t29-/m0/s1. The molecule has 0 aromatic rings. The maximum atomic E-state index is 11.9. The Morgan fingerprint density at radius 2 is 1.26 bits per heavy atom. The molecule has 0 spiro atoms. The molecule has 0 radical (unpaired) electrons. The van der Waals surface area contributed by atoms with Gasteiger partial charge in [-0.05, 0) is 70.3 Å². The zero-order chi connectivity index (χ0) is 28.8. The van der Waals surface area contributed by atoms with Gasteiger partial charge in [-0.3, -0.25) is 14.4 Å². The Balaban J connectivity index is 3.79. The second-order valence-corrected chi connectivity index (χ2v) is 8.69. The van der Waals surface area contributed by atoms with E-state index >= 15 is 0 Å². The van der Waals surface area contributed by atoms with Gasteiger partial charge in [0.05, 0.1) is 0 Å². The van der Waals surface area contributed by atoms with E-state index in [-0.39, 0.29) is 12.3 Å². The summed E-state index contributed by atoms with van der Waals surface area (Å²) in [6.07, 6.45) is 36.4. The van der Waals surface area contributed by atoms with Crippen LogP contribution in [0.25, 0.3) is 0 Å². The number of aldehydes is 1. The van der Waals surface area contributed by atoms with E-state index in [0.717, 1.165) is 50.7 Å². The Hall–Kier alpha value is -3.74. The molecular formula is C32H46N2O5. The fourth-order valence-electron chi connectivity index (χ4n) is 3.25. The third-order valence-corrected chi connectivity index (χ3v) is 5.32. The predicted molar refractivity (Wildman–Crippen MR) is 159 cm³/mol. The third-order valence-electron chi connectivity index (χ3n) is 5.32. The van der Waals surface area contributed by atoms with Gasteiger partial charge in [-0.2, -0.15) is 0 Å². The van der Waals surface area contributed by atoms with Crippen molar-refractivity contribution in [1.82, 2.24) is 10.6 Å². The number of unbranched alkanes of at least 4 members (excludes halogenated alkanes) is 1. The average Bonchev–Trinajstić information content (AvgIpc) is 2.92. The number of nitrogens with one attached hydrogen (secondary N) is 2. The van der Waals surface area contributed by atoms with Crippen LogP contribution in [0.3, 0.4) is 0 Å². The molecule has 0 saturated heterocycles. The van der Waals surface area contributed by atoms with Crippen molar-refractivity contribution in [3.8, 4) is 0 Å². The van der Waals surface area contributed by atoms with Crippen molar-refractivity contribution in [2.24, 2.45) is 0 Å². The smallest absolute Gasteiger partial charge is 0.326 e. The van der Waals surface area contributed by atoms with Gasteiger partial charge < -0.3 is 15.7 Å². The van der Waals surface area contributed by atoms with Gasteiger partial charge in [-0.15, -0.1) is 0 Å². The molecule has 7 nitrogen and oxygen atoms in total. The highest BCUT2D eigenvalue weighted by atomic mass is 16.4. The van der Waals surface area contributed by atoms with Crippen LogP contribution in [0.5, 0.6) is 0 Å². The molecule has 2 amide bonds. The van der Waals surface area contributed by atoms with Gasteiger partial charge in [0.25, 0.3) is 0 Å². The van der Waals surface area contributed by atoms with Gasteiger partial charge in [0.1, 0.15) is 12.3 Å². The molecule has 7 heteroatoms. The van der Waals surface area contributed by atoms with Gasteiger partial charge >= 0.3 is 5.97 Å². The lowest BCUT2D eigenvalue weighted by Crippen LogP contribution is -2.40. The molecule has 0 fully saturated rings. The number of hydrogen-bond acceptors (Lipinski definition) is 4. The molecule has 0 aliphatic carbocycles. The summed E-state index contributed by atoms with van der Waals surface area (Å²) < 4.78 is 0. The quantitative estimate of drug-likeness (QED) is 0.0632. The molecule has 39 heavy (non-hydrogen) atoms. The molecular weight excluding hydrogens is 492 g/mol. The highest BCUT2D eigenvalue weighted by Crippen LogP contribution is 2.02. The molecule has 214 valence electrons. The zero-order valence-corrected chi connectivity index (χ0v) is 23.3. The summed E-state index contributed by atoms with van der Waals surface area (Å²) in [5.41, 5.74) is 0. The molecule has 0 unspecified atom stereocenters. The Morgan fingerprint density at radius 1 is 0.744 bits per heavy atom. The topological polar surface area (TPSA) is 113 Å². The maximum Gasteiger partial charge on any atom is 0.326 e. The van der Waals surface area contributed by atoms with E-state index < -0.39 is 17.9 Å². The van der Waals surface area contributed by atoms with Crippen LogP contribution in [0.2, 0.25) is 0 Å². The fourth-order valence-corrected chi connectivity index (χ4v) is 3.25. The van der Waals surface area contributed by atoms with Crippen molar-refractivity contribution in [2.45, 2.75) is 83.6 Å². The minimum absolute atomic E-state index is 0.0448. The SMILES string of the molecule is CCC=CCC=CCC=CCC=CCC=CCC=CCCC(=O)NCCCC[C@H](NC(=O)C=CC=O)C(=O)O. The summed E-state index contributed by atoms with van der Waals surface area (Å²) in [5, 5.41) is 14.3. The first-order valence-electron chi connectivity index (χ1n) is 13.8. The monoisotopic (exact) mass is 538 g/mol. The molecule has 3 N–H and O–H groups in total. The van der Waals surface area contributed by atoms with Gasteiger partial charge in [0, 0.05) is 19.0 Å². The Bertz CT molecular complexity index is 894. The second kappa shape index (κ2) is 27.3. The number of allylic oxidation sites excluding steroid dienone is 13. The first-order valence-corrected chi connectivity index (χ1v) is 13.8. The average molecular weight is 539 g/mol. The molecule has 0 heterocycles.